The normalized spacial score (nSPS) is 9.96. The summed E-state index contributed by atoms with van der Waals surface area (Å²) in [7, 11) is 0.759. The van der Waals surface area contributed by atoms with Crippen LogP contribution in [0.15, 0.2) is 54.6 Å². The van der Waals surface area contributed by atoms with Crippen molar-refractivity contribution < 1.29 is 18.6 Å². The van der Waals surface area contributed by atoms with Gasteiger partial charge in [0.15, 0.2) is 0 Å². The molecule has 1 aliphatic carbocycles. The molecule has 0 aromatic heterocycles. The molecule has 2 radical (unpaired) electrons. The molecule has 23 heavy (non-hydrogen) atoms. The maximum absolute atomic E-state index is 2.96. The minimum Gasteiger partial charge on any atom is -0.116 e. The van der Waals surface area contributed by atoms with Gasteiger partial charge >= 0.3 is 0 Å². The average Bonchev–Trinajstić information content (AvgIpc) is 2.98. The smallest absolute Gasteiger partial charge is 0.0245 e. The molecule has 1 aromatic carbocycles. The number of hydrogen-bond donors (Lipinski definition) is 0. The quantitative estimate of drug-likeness (QED) is 0.375. The molecule has 0 N–H and O–H groups in total. The van der Waals surface area contributed by atoms with E-state index in [0.29, 0.717) is 15.8 Å². The molecule has 3 heteroatoms. The molecule has 0 heterocycles. The molecule has 0 unspecified atom stereocenters. The second-order valence-corrected chi connectivity index (χ2v) is 10.8. The van der Waals surface area contributed by atoms with Gasteiger partial charge in [-0.05, 0) is 59.0 Å². The van der Waals surface area contributed by atoms with Crippen LogP contribution in [0.4, 0.5) is 0 Å². The van der Waals surface area contributed by atoms with Gasteiger partial charge in [0.2, 0.25) is 0 Å². The number of benzene rings is 1. The molecule has 1 aliphatic rings. The number of hydrogen-bond acceptors (Lipinski definition) is 0. The van der Waals surface area contributed by atoms with Gasteiger partial charge in [-0.25, -0.2) is 0 Å². The summed E-state index contributed by atoms with van der Waals surface area (Å²) in [5, 5.41) is 0. The van der Waals surface area contributed by atoms with Gasteiger partial charge in [0, 0.05) is 30.5 Å². The summed E-state index contributed by atoms with van der Waals surface area (Å²) < 4.78 is 0. The van der Waals surface area contributed by atoms with Crippen molar-refractivity contribution in [2.45, 2.75) is 6.92 Å². The number of allylic oxidation sites excluding steroid dienone is 4. The fourth-order valence-electron chi connectivity index (χ4n) is 0.987. The van der Waals surface area contributed by atoms with Gasteiger partial charge in [0.05, 0.1) is 0 Å². The van der Waals surface area contributed by atoms with E-state index < -0.39 is 0 Å². The molecule has 126 valence electrons. The molecule has 0 bridgehead atoms. The van der Waals surface area contributed by atoms with Crippen LogP contribution in [-0.2, 0) is 18.6 Å². The van der Waals surface area contributed by atoms with Crippen molar-refractivity contribution in [3.8, 4) is 11.8 Å². The third kappa shape index (κ3) is 34.2. The minimum atomic E-state index is 0. The van der Waals surface area contributed by atoms with Crippen molar-refractivity contribution in [2.24, 2.45) is 0 Å². The van der Waals surface area contributed by atoms with Crippen molar-refractivity contribution >= 4 is 15.8 Å². The molecule has 1 aromatic rings. The van der Waals surface area contributed by atoms with E-state index in [2.05, 4.69) is 51.8 Å². The van der Waals surface area contributed by atoms with Gasteiger partial charge < -0.3 is 0 Å². The molecule has 0 nitrogen and oxygen atoms in total. The molecular formula is C20H31P2V. The van der Waals surface area contributed by atoms with E-state index in [4.69, 9.17) is 0 Å². The van der Waals surface area contributed by atoms with Crippen molar-refractivity contribution in [2.75, 3.05) is 40.0 Å². The zero-order chi connectivity index (χ0) is 17.2. The van der Waals surface area contributed by atoms with Gasteiger partial charge in [0.25, 0.3) is 0 Å². The Balaban J connectivity index is -0.000000247. The van der Waals surface area contributed by atoms with Crippen LogP contribution in [0.3, 0.4) is 0 Å². The van der Waals surface area contributed by atoms with Crippen LogP contribution in [0.5, 0.6) is 0 Å². The Morgan fingerprint density at radius 3 is 1.35 bits per heavy atom. The second kappa shape index (κ2) is 21.7. The van der Waals surface area contributed by atoms with E-state index >= 15 is 0 Å². The zero-order valence-electron chi connectivity index (χ0n) is 15.6. The standard InChI is InChI=1S/C9H8.C5H5.2C3H9P.V/c1-2-6-9-7-4-3-5-8-9;1-2-4-5-3-1;2*1-4(2)3;/h3-5,7-8H,1H3;1-5H;2*1-3H3;. The molecule has 0 aliphatic heterocycles. The van der Waals surface area contributed by atoms with Crippen LogP contribution in [0.25, 0.3) is 0 Å². The van der Waals surface area contributed by atoms with Gasteiger partial charge in [-0.1, -0.05) is 48.4 Å². The van der Waals surface area contributed by atoms with Gasteiger partial charge in [0.1, 0.15) is 0 Å². The third-order valence-corrected chi connectivity index (χ3v) is 1.60. The SMILES string of the molecule is CC#Cc1ccccc1.CP(C)C.CP(C)C.[CH]1C=CC=C1.[V]. The van der Waals surface area contributed by atoms with E-state index in [9.17, 15) is 0 Å². The first-order valence-corrected chi connectivity index (χ1v) is 12.6. The Labute approximate surface area is 159 Å². The van der Waals surface area contributed by atoms with Gasteiger partial charge in [-0.2, -0.15) is 0 Å². The maximum atomic E-state index is 2.96. The predicted molar refractivity (Wildman–Crippen MR) is 111 cm³/mol. The summed E-state index contributed by atoms with van der Waals surface area (Å²) in [6.07, 6.45) is 10.0. The summed E-state index contributed by atoms with van der Waals surface area (Å²) in [5.74, 6) is 5.79. The van der Waals surface area contributed by atoms with Crippen molar-refractivity contribution in [3.05, 3.63) is 66.6 Å². The summed E-state index contributed by atoms with van der Waals surface area (Å²) in [6, 6.07) is 9.95. The summed E-state index contributed by atoms with van der Waals surface area (Å²) in [6.45, 7) is 15.2. The molecular weight excluding hydrogens is 353 g/mol. The zero-order valence-corrected chi connectivity index (χ0v) is 18.8. The fourth-order valence-corrected chi connectivity index (χ4v) is 0.987. The fraction of sp³-hybridized carbons (Fsp3) is 0.350. The van der Waals surface area contributed by atoms with E-state index in [0.717, 1.165) is 5.56 Å². The van der Waals surface area contributed by atoms with Crippen LogP contribution in [-0.4, -0.2) is 40.0 Å². The average molecular weight is 384 g/mol. The van der Waals surface area contributed by atoms with Crippen molar-refractivity contribution in [3.63, 3.8) is 0 Å². The first-order chi connectivity index (χ1) is 10.4. The summed E-state index contributed by atoms with van der Waals surface area (Å²) in [4.78, 5) is 0. The third-order valence-electron chi connectivity index (χ3n) is 1.60. The second-order valence-electron chi connectivity index (χ2n) is 5.39. The van der Waals surface area contributed by atoms with Crippen molar-refractivity contribution in [1.82, 2.24) is 0 Å². The molecule has 0 amide bonds. The molecule has 0 fully saturated rings. The van der Waals surface area contributed by atoms with Crippen LogP contribution in [0.2, 0.25) is 0 Å². The topological polar surface area (TPSA) is 0 Å². The van der Waals surface area contributed by atoms with Crippen LogP contribution in [0.1, 0.15) is 12.5 Å². The molecule has 0 atom stereocenters. The van der Waals surface area contributed by atoms with Gasteiger partial charge in [-0.3, -0.25) is 0 Å². The molecule has 0 saturated carbocycles. The van der Waals surface area contributed by atoms with E-state index in [1.54, 1.807) is 0 Å². The van der Waals surface area contributed by atoms with Crippen molar-refractivity contribution in [1.29, 1.82) is 0 Å². The Morgan fingerprint density at radius 2 is 1.09 bits per heavy atom. The maximum Gasteiger partial charge on any atom is 0.0245 e. The van der Waals surface area contributed by atoms with E-state index in [1.165, 1.54) is 0 Å². The molecule has 0 saturated heterocycles. The number of rotatable bonds is 0. The Kier molecular flexibility index (Phi) is 26.0. The van der Waals surface area contributed by atoms with E-state index in [-0.39, 0.29) is 18.6 Å². The van der Waals surface area contributed by atoms with Crippen LogP contribution >= 0.6 is 15.8 Å². The van der Waals surface area contributed by atoms with Crippen LogP contribution < -0.4 is 0 Å². The summed E-state index contributed by atoms with van der Waals surface area (Å²) in [5.41, 5.74) is 1.08. The Bertz CT molecular complexity index is 430. The monoisotopic (exact) mass is 384 g/mol. The molecule has 2 rings (SSSR count). The summed E-state index contributed by atoms with van der Waals surface area (Å²) >= 11 is 0. The van der Waals surface area contributed by atoms with Gasteiger partial charge in [-0.15, -0.1) is 21.8 Å². The Hall–Kier alpha value is -0.296. The largest absolute Gasteiger partial charge is 0.116 e. The Morgan fingerprint density at radius 1 is 0.696 bits per heavy atom. The molecule has 0 spiro atoms. The minimum absolute atomic E-state index is 0. The van der Waals surface area contributed by atoms with Crippen LogP contribution in [0, 0.1) is 18.3 Å². The van der Waals surface area contributed by atoms with E-state index in [1.807, 2.05) is 68.0 Å². The predicted octanol–water partition coefficient (Wildman–Crippen LogP) is 6.09. The first kappa shape index (κ1) is 27.5. The first-order valence-electron chi connectivity index (χ1n) is 7.26.